The van der Waals surface area contributed by atoms with Crippen LogP contribution in [0.3, 0.4) is 0 Å². The lowest BCUT2D eigenvalue weighted by atomic mass is 10.1. The first-order chi connectivity index (χ1) is 16.8. The minimum absolute atomic E-state index is 0.174. The number of nitrogens with two attached hydrogens (primary N) is 2. The molecule has 0 heterocycles. The van der Waals surface area contributed by atoms with Gasteiger partial charge in [0.25, 0.3) is 0 Å². The van der Waals surface area contributed by atoms with E-state index in [-0.39, 0.29) is 12.8 Å². The Morgan fingerprint density at radius 3 is 0.917 bits per heavy atom. The van der Waals surface area contributed by atoms with Gasteiger partial charge in [-0.3, -0.25) is 38.6 Å². The summed E-state index contributed by atoms with van der Waals surface area (Å²) in [6.07, 6.45) is 2.57. The fraction of sp³-hybridized carbons (Fsp3) is 0.700. The number of carbonyl (C=O) groups is 6. The van der Waals surface area contributed by atoms with Crippen LogP contribution in [0.15, 0.2) is 0 Å². The van der Waals surface area contributed by atoms with E-state index in [1.165, 1.54) is 0 Å². The summed E-state index contributed by atoms with van der Waals surface area (Å²) in [5.41, 5.74) is 10.6. The maximum absolute atomic E-state index is 11.0. The van der Waals surface area contributed by atoms with Crippen LogP contribution in [0.2, 0.25) is 0 Å². The Morgan fingerprint density at radius 2 is 0.750 bits per heavy atom. The number of hydrogen-bond acceptors (Lipinski definition) is 10. The molecule has 0 spiro atoms. The minimum Gasteiger partial charge on any atom is -0.480 e. The monoisotopic (exact) mass is 524 g/mol. The molecule has 16 heteroatoms. The van der Waals surface area contributed by atoms with Crippen molar-refractivity contribution < 1.29 is 59.4 Å². The van der Waals surface area contributed by atoms with Crippen molar-refractivity contribution in [2.75, 3.05) is 39.3 Å². The van der Waals surface area contributed by atoms with Crippen molar-refractivity contribution in [2.45, 2.75) is 50.6 Å². The summed E-state index contributed by atoms with van der Waals surface area (Å²) in [6, 6.07) is -2.24. The van der Waals surface area contributed by atoms with E-state index in [0.717, 1.165) is 9.80 Å². The van der Waals surface area contributed by atoms with Crippen LogP contribution in [-0.2, 0) is 28.8 Å². The third-order valence-corrected chi connectivity index (χ3v) is 4.67. The molecule has 0 saturated carbocycles. The van der Waals surface area contributed by atoms with E-state index in [0.29, 0.717) is 38.8 Å². The third-order valence-electron chi connectivity index (χ3n) is 4.67. The van der Waals surface area contributed by atoms with Gasteiger partial charge in [-0.2, -0.15) is 0 Å². The molecule has 0 saturated heterocycles. The van der Waals surface area contributed by atoms with E-state index in [9.17, 15) is 28.8 Å². The third kappa shape index (κ3) is 18.0. The normalized spacial score (nSPS) is 12.3. The summed E-state index contributed by atoms with van der Waals surface area (Å²) >= 11 is 0. The molecule has 0 aromatic carbocycles. The number of carboxylic acids is 6. The second-order valence-electron chi connectivity index (χ2n) is 7.66. The predicted octanol–water partition coefficient (Wildman–Crippen LogP) is -1.92. The van der Waals surface area contributed by atoms with Crippen molar-refractivity contribution in [3.8, 4) is 0 Å². The lowest BCUT2D eigenvalue weighted by Crippen LogP contribution is -2.46. The molecule has 0 aliphatic rings. The van der Waals surface area contributed by atoms with E-state index in [2.05, 4.69) is 0 Å². The highest BCUT2D eigenvalue weighted by Crippen LogP contribution is 2.10. The molecule has 208 valence electrons. The summed E-state index contributed by atoms with van der Waals surface area (Å²) in [6.45, 7) is -1.66. The molecule has 0 aromatic heterocycles. The largest absolute Gasteiger partial charge is 0.480 e. The van der Waals surface area contributed by atoms with Crippen molar-refractivity contribution in [1.29, 1.82) is 0 Å². The maximum atomic E-state index is 11.0. The van der Waals surface area contributed by atoms with E-state index in [4.69, 9.17) is 42.1 Å². The van der Waals surface area contributed by atoms with Gasteiger partial charge in [0.1, 0.15) is 12.1 Å². The zero-order valence-electron chi connectivity index (χ0n) is 19.8. The number of hydrogen-bond donors (Lipinski definition) is 8. The number of unbranched alkanes of at least 4 members (excludes halogenated alkanes) is 2. The van der Waals surface area contributed by atoms with E-state index in [1.807, 2.05) is 0 Å². The SMILES string of the molecule is NCCCC[C@@H](C(=O)O)N(CC(=O)O)CC(=O)O.NCCCC[C@@H](C(=O)O)N(CC(=O)O)CC(=O)O. The van der Waals surface area contributed by atoms with E-state index >= 15 is 0 Å². The molecule has 0 aromatic rings. The van der Waals surface area contributed by atoms with Gasteiger partial charge in [-0.1, -0.05) is 12.8 Å². The van der Waals surface area contributed by atoms with Crippen LogP contribution in [0.25, 0.3) is 0 Å². The average Bonchev–Trinajstić information content (AvgIpc) is 2.72. The molecule has 0 radical (unpaired) electrons. The lowest BCUT2D eigenvalue weighted by molar-refractivity contribution is -0.152. The minimum atomic E-state index is -1.26. The Morgan fingerprint density at radius 1 is 0.500 bits per heavy atom. The summed E-state index contributed by atoms with van der Waals surface area (Å²) in [5, 5.41) is 52.6. The molecular weight excluding hydrogens is 488 g/mol. The van der Waals surface area contributed by atoms with Gasteiger partial charge >= 0.3 is 35.8 Å². The Hall–Kier alpha value is -3.34. The van der Waals surface area contributed by atoms with Crippen LogP contribution in [0.4, 0.5) is 0 Å². The summed E-state index contributed by atoms with van der Waals surface area (Å²) in [7, 11) is 0. The molecule has 0 bridgehead atoms. The summed E-state index contributed by atoms with van der Waals surface area (Å²) in [5.74, 6) is -7.51. The topological polar surface area (TPSA) is 282 Å². The highest BCUT2D eigenvalue weighted by molar-refractivity contribution is 5.78. The van der Waals surface area contributed by atoms with Crippen molar-refractivity contribution in [2.24, 2.45) is 11.5 Å². The molecule has 0 fully saturated rings. The number of rotatable bonds is 20. The zero-order chi connectivity index (χ0) is 28.3. The summed E-state index contributed by atoms with van der Waals surface area (Å²) in [4.78, 5) is 66.3. The highest BCUT2D eigenvalue weighted by atomic mass is 16.4. The van der Waals surface area contributed by atoms with Crippen LogP contribution < -0.4 is 11.5 Å². The first kappa shape index (κ1) is 34.8. The maximum Gasteiger partial charge on any atom is 0.320 e. The van der Waals surface area contributed by atoms with Crippen LogP contribution in [0, 0.1) is 0 Å². The fourth-order valence-electron chi connectivity index (χ4n) is 3.14. The van der Waals surface area contributed by atoms with Gasteiger partial charge in [-0.05, 0) is 38.8 Å². The molecule has 0 aliphatic carbocycles. The average molecular weight is 525 g/mol. The first-order valence-electron chi connectivity index (χ1n) is 11.0. The predicted molar refractivity (Wildman–Crippen MR) is 122 cm³/mol. The molecule has 10 N–H and O–H groups in total. The van der Waals surface area contributed by atoms with Gasteiger partial charge in [-0.15, -0.1) is 0 Å². The van der Waals surface area contributed by atoms with Crippen LogP contribution >= 0.6 is 0 Å². The number of carboxylic acid groups (broad SMARTS) is 6. The van der Waals surface area contributed by atoms with Crippen LogP contribution in [-0.4, -0.2) is 128 Å². The highest BCUT2D eigenvalue weighted by Gasteiger charge is 2.29. The van der Waals surface area contributed by atoms with Crippen molar-refractivity contribution in [1.82, 2.24) is 9.80 Å². The van der Waals surface area contributed by atoms with Gasteiger partial charge in [0.15, 0.2) is 0 Å². The first-order valence-corrected chi connectivity index (χ1v) is 11.0. The quantitative estimate of drug-likeness (QED) is 0.0805. The second kappa shape index (κ2) is 19.9. The van der Waals surface area contributed by atoms with Crippen molar-refractivity contribution in [3.05, 3.63) is 0 Å². The summed E-state index contributed by atoms with van der Waals surface area (Å²) < 4.78 is 0. The number of nitrogens with zero attached hydrogens (tertiary/aromatic N) is 2. The van der Waals surface area contributed by atoms with Crippen molar-refractivity contribution in [3.63, 3.8) is 0 Å². The van der Waals surface area contributed by atoms with Gasteiger partial charge in [0, 0.05) is 0 Å². The zero-order valence-corrected chi connectivity index (χ0v) is 19.8. The Kier molecular flexibility index (Phi) is 19.3. The Balaban J connectivity index is 0. The Labute approximate surface area is 207 Å². The molecule has 2 atom stereocenters. The molecule has 36 heavy (non-hydrogen) atoms. The molecule has 0 rings (SSSR count). The smallest absolute Gasteiger partial charge is 0.320 e. The molecule has 0 amide bonds. The second-order valence-corrected chi connectivity index (χ2v) is 7.66. The van der Waals surface area contributed by atoms with Gasteiger partial charge in [-0.25, -0.2) is 0 Å². The standard InChI is InChI=1S/2C10H18N2O6/c2*11-4-2-1-3-7(10(17)18)12(5-8(13)14)6-9(15)16/h2*7H,1-6,11H2,(H,13,14)(H,15,16)(H,17,18)/t2*7-/m00/s1. The fourth-order valence-corrected chi connectivity index (χ4v) is 3.14. The lowest BCUT2D eigenvalue weighted by Gasteiger charge is -2.25. The van der Waals surface area contributed by atoms with Gasteiger partial charge in [0.05, 0.1) is 26.2 Å². The van der Waals surface area contributed by atoms with Crippen molar-refractivity contribution >= 4 is 35.8 Å². The molecule has 16 nitrogen and oxygen atoms in total. The number of aliphatic carboxylic acids is 6. The molecular formula is C20H36N4O12. The molecule has 0 aliphatic heterocycles. The van der Waals surface area contributed by atoms with Gasteiger partial charge in [0.2, 0.25) is 0 Å². The van der Waals surface area contributed by atoms with E-state index in [1.54, 1.807) is 0 Å². The van der Waals surface area contributed by atoms with E-state index < -0.39 is 74.1 Å². The molecule has 0 unspecified atom stereocenters. The van der Waals surface area contributed by atoms with Crippen LogP contribution in [0.1, 0.15) is 38.5 Å². The van der Waals surface area contributed by atoms with Crippen LogP contribution in [0.5, 0.6) is 0 Å². The Bertz CT molecular complexity index is 641. The van der Waals surface area contributed by atoms with Gasteiger partial charge < -0.3 is 42.1 Å².